The highest BCUT2D eigenvalue weighted by Gasteiger charge is 2.22. The molecule has 90 valence electrons. The second-order valence-electron chi connectivity index (χ2n) is 3.10. The molecule has 0 atom stereocenters. The number of hydrogen-bond acceptors (Lipinski definition) is 1. The Morgan fingerprint density at radius 1 is 0.938 bits per heavy atom. The van der Waals surface area contributed by atoms with Crippen molar-refractivity contribution >= 4 is 0 Å². The van der Waals surface area contributed by atoms with Crippen LogP contribution in [0.2, 0.25) is 0 Å². The summed E-state index contributed by atoms with van der Waals surface area (Å²) >= 11 is 0. The van der Waals surface area contributed by atoms with E-state index in [0.717, 1.165) is 6.92 Å². The molecule has 6 heteroatoms. The van der Waals surface area contributed by atoms with Crippen molar-refractivity contribution in [3.8, 4) is 0 Å². The van der Waals surface area contributed by atoms with Gasteiger partial charge in [0.15, 0.2) is 23.3 Å². The monoisotopic (exact) mass is 240 g/mol. The van der Waals surface area contributed by atoms with Crippen LogP contribution in [0, 0.1) is 30.2 Å². The van der Waals surface area contributed by atoms with Gasteiger partial charge in [-0.2, -0.15) is 0 Å². The van der Waals surface area contributed by atoms with Crippen molar-refractivity contribution in [1.82, 2.24) is 0 Å². The molecule has 0 saturated heterocycles. The van der Waals surface area contributed by atoms with Crippen molar-refractivity contribution in [2.45, 2.75) is 13.5 Å². The summed E-state index contributed by atoms with van der Waals surface area (Å²) in [4.78, 5) is 0. The Kier molecular flexibility index (Phi) is 4.23. The van der Waals surface area contributed by atoms with E-state index in [1.807, 2.05) is 0 Å². The average Bonchev–Trinajstić information content (AvgIpc) is 2.28. The molecule has 0 heterocycles. The van der Waals surface area contributed by atoms with Crippen LogP contribution in [0.25, 0.3) is 0 Å². The first-order valence-corrected chi connectivity index (χ1v) is 4.45. The fourth-order valence-electron chi connectivity index (χ4n) is 1.14. The zero-order chi connectivity index (χ0) is 12.3. The minimum absolute atomic E-state index is 0.393. The van der Waals surface area contributed by atoms with Gasteiger partial charge in [0.2, 0.25) is 0 Å². The maximum atomic E-state index is 13.2. The van der Waals surface area contributed by atoms with Crippen LogP contribution in [0.4, 0.5) is 22.0 Å². The van der Waals surface area contributed by atoms with Gasteiger partial charge in [0.25, 0.3) is 0 Å². The van der Waals surface area contributed by atoms with Gasteiger partial charge in [0.05, 0.1) is 18.8 Å². The lowest BCUT2D eigenvalue weighted by atomic mass is 10.1. The lowest BCUT2D eigenvalue weighted by Crippen LogP contribution is -2.08. The Morgan fingerprint density at radius 3 is 1.88 bits per heavy atom. The Morgan fingerprint density at radius 2 is 1.44 bits per heavy atom. The summed E-state index contributed by atoms with van der Waals surface area (Å²) < 4.78 is 68.6. The highest BCUT2D eigenvalue weighted by Crippen LogP contribution is 2.23. The van der Waals surface area contributed by atoms with E-state index in [1.54, 1.807) is 0 Å². The molecular weight excluding hydrogens is 231 g/mol. The van der Waals surface area contributed by atoms with Gasteiger partial charge in [0, 0.05) is 5.56 Å². The van der Waals surface area contributed by atoms with Gasteiger partial charge in [-0.05, 0) is 6.92 Å². The summed E-state index contributed by atoms with van der Waals surface area (Å²) in [6, 6.07) is 0. The van der Waals surface area contributed by atoms with E-state index < -0.39 is 54.3 Å². The zero-order valence-corrected chi connectivity index (χ0v) is 8.42. The number of halogens is 5. The zero-order valence-electron chi connectivity index (χ0n) is 8.42. The van der Waals surface area contributed by atoms with Crippen molar-refractivity contribution < 1.29 is 26.7 Å². The largest absolute Gasteiger partial charge is 0.374 e. The lowest BCUT2D eigenvalue weighted by Gasteiger charge is -2.09. The summed E-state index contributed by atoms with van der Waals surface area (Å²) in [5.41, 5.74) is -1.60. The Bertz CT molecular complexity index is 362. The Labute approximate surface area is 88.8 Å². The fraction of sp³-hybridized carbons (Fsp3) is 0.400. The number of rotatable bonds is 4. The van der Waals surface area contributed by atoms with Crippen LogP contribution < -0.4 is 0 Å². The van der Waals surface area contributed by atoms with Gasteiger partial charge in [-0.3, -0.25) is 0 Å². The third-order valence-corrected chi connectivity index (χ3v) is 2.04. The SMILES string of the molecule is Cc1c(F)c(F)c(COCCF)c(F)c1F. The Balaban J connectivity index is 3.08. The smallest absolute Gasteiger partial charge is 0.167 e. The van der Waals surface area contributed by atoms with Gasteiger partial charge >= 0.3 is 0 Å². The van der Waals surface area contributed by atoms with Gasteiger partial charge < -0.3 is 4.74 Å². The Hall–Kier alpha value is -1.17. The molecule has 1 rings (SSSR count). The van der Waals surface area contributed by atoms with E-state index in [4.69, 9.17) is 0 Å². The maximum absolute atomic E-state index is 13.2. The quantitative estimate of drug-likeness (QED) is 0.446. The van der Waals surface area contributed by atoms with Crippen LogP contribution in [0.15, 0.2) is 0 Å². The second kappa shape index (κ2) is 5.25. The molecule has 0 spiro atoms. The first-order valence-electron chi connectivity index (χ1n) is 4.45. The molecule has 0 amide bonds. The molecule has 0 aromatic heterocycles. The molecule has 0 aliphatic heterocycles. The van der Waals surface area contributed by atoms with E-state index in [-0.39, 0.29) is 0 Å². The number of hydrogen-bond donors (Lipinski definition) is 0. The normalized spacial score (nSPS) is 10.9. The highest BCUT2D eigenvalue weighted by molar-refractivity contribution is 5.28. The average molecular weight is 240 g/mol. The molecular formula is C10H9F5O. The minimum Gasteiger partial charge on any atom is -0.374 e. The molecule has 0 saturated carbocycles. The molecule has 0 aliphatic rings. The van der Waals surface area contributed by atoms with Crippen LogP contribution in [0.1, 0.15) is 11.1 Å². The van der Waals surface area contributed by atoms with Crippen molar-refractivity contribution in [2.75, 3.05) is 13.3 Å². The predicted octanol–water partition coefficient (Wildman–Crippen LogP) is 3.04. The van der Waals surface area contributed by atoms with E-state index >= 15 is 0 Å². The van der Waals surface area contributed by atoms with E-state index in [2.05, 4.69) is 4.74 Å². The fourth-order valence-corrected chi connectivity index (χ4v) is 1.14. The van der Waals surface area contributed by atoms with Crippen molar-refractivity contribution in [3.63, 3.8) is 0 Å². The van der Waals surface area contributed by atoms with Crippen LogP contribution in [-0.4, -0.2) is 13.3 Å². The summed E-state index contributed by atoms with van der Waals surface area (Å²) in [5, 5.41) is 0. The molecule has 0 aliphatic carbocycles. The number of alkyl halides is 1. The summed E-state index contributed by atoms with van der Waals surface area (Å²) in [5.74, 6) is -5.93. The topological polar surface area (TPSA) is 9.23 Å². The molecule has 0 unspecified atom stereocenters. The van der Waals surface area contributed by atoms with Gasteiger partial charge in [-0.15, -0.1) is 0 Å². The number of benzene rings is 1. The first kappa shape index (κ1) is 12.9. The summed E-state index contributed by atoms with van der Waals surface area (Å²) in [6.45, 7) is -1.03. The molecule has 1 nitrogen and oxygen atoms in total. The van der Waals surface area contributed by atoms with E-state index in [1.165, 1.54) is 0 Å². The molecule has 1 aromatic rings. The maximum Gasteiger partial charge on any atom is 0.167 e. The third-order valence-electron chi connectivity index (χ3n) is 2.04. The molecule has 0 fully saturated rings. The highest BCUT2D eigenvalue weighted by atomic mass is 19.2. The predicted molar refractivity (Wildman–Crippen MR) is 46.6 cm³/mol. The van der Waals surface area contributed by atoms with Crippen LogP contribution in [-0.2, 0) is 11.3 Å². The second-order valence-corrected chi connectivity index (χ2v) is 3.10. The first-order chi connectivity index (χ1) is 7.50. The third kappa shape index (κ3) is 2.32. The minimum atomic E-state index is -1.50. The van der Waals surface area contributed by atoms with Gasteiger partial charge in [-0.25, -0.2) is 22.0 Å². The lowest BCUT2D eigenvalue weighted by molar-refractivity contribution is 0.101. The molecule has 1 aromatic carbocycles. The van der Waals surface area contributed by atoms with Crippen LogP contribution in [0.3, 0.4) is 0 Å². The van der Waals surface area contributed by atoms with Crippen LogP contribution in [0.5, 0.6) is 0 Å². The van der Waals surface area contributed by atoms with Gasteiger partial charge in [0.1, 0.15) is 6.67 Å². The van der Waals surface area contributed by atoms with Crippen molar-refractivity contribution in [2.24, 2.45) is 0 Å². The van der Waals surface area contributed by atoms with E-state index in [0.29, 0.717) is 0 Å². The number of ether oxygens (including phenoxy) is 1. The summed E-state index contributed by atoms with van der Waals surface area (Å²) in [7, 11) is 0. The summed E-state index contributed by atoms with van der Waals surface area (Å²) in [6.07, 6.45) is 0. The van der Waals surface area contributed by atoms with E-state index in [9.17, 15) is 22.0 Å². The molecule has 0 radical (unpaired) electrons. The molecule has 0 bridgehead atoms. The molecule has 0 N–H and O–H groups in total. The molecule has 16 heavy (non-hydrogen) atoms. The van der Waals surface area contributed by atoms with Gasteiger partial charge in [-0.1, -0.05) is 0 Å². The van der Waals surface area contributed by atoms with Crippen molar-refractivity contribution in [1.29, 1.82) is 0 Å². The standard InChI is InChI=1S/C10H9F5O/c1-5-7(12)9(14)6(4-16-3-2-11)10(15)8(5)13/h2-4H2,1H3. The van der Waals surface area contributed by atoms with Crippen LogP contribution >= 0.6 is 0 Å². The van der Waals surface area contributed by atoms with Crippen molar-refractivity contribution in [3.05, 3.63) is 34.4 Å².